The van der Waals surface area contributed by atoms with Crippen molar-refractivity contribution in [2.75, 3.05) is 5.75 Å². The number of aryl methyl sites for hydroxylation is 2. The molecular formula is C28H29ClN2O2S. The molecule has 0 aliphatic rings. The fraction of sp³-hybridized carbons (Fsp3) is 0.250. The second-order valence-corrected chi connectivity index (χ2v) is 11.1. The van der Waals surface area contributed by atoms with Crippen LogP contribution < -0.4 is 0 Å². The number of imidazole rings is 1. The van der Waals surface area contributed by atoms with Gasteiger partial charge in [0.15, 0.2) is 4.90 Å². The Hall–Kier alpha value is -2.57. The van der Waals surface area contributed by atoms with Crippen LogP contribution in [0.3, 0.4) is 0 Å². The van der Waals surface area contributed by atoms with Gasteiger partial charge in [0.05, 0.1) is 16.4 Å². The van der Waals surface area contributed by atoms with E-state index in [4.69, 9.17) is 16.6 Å². The molecular weight excluding hydrogens is 464 g/mol. The quantitative estimate of drug-likeness (QED) is 0.300. The highest BCUT2D eigenvalue weighted by Crippen LogP contribution is 2.35. The average molecular weight is 493 g/mol. The Balaban J connectivity index is 1.85. The van der Waals surface area contributed by atoms with Crippen LogP contribution in [0.1, 0.15) is 37.6 Å². The summed E-state index contributed by atoms with van der Waals surface area (Å²) in [7, 11) is 0. The van der Waals surface area contributed by atoms with Gasteiger partial charge in [-0.15, -0.1) is 0 Å². The van der Waals surface area contributed by atoms with Gasteiger partial charge < -0.3 is 9.66 Å². The molecule has 0 spiro atoms. The number of benzene rings is 3. The summed E-state index contributed by atoms with van der Waals surface area (Å²) in [5, 5.41) is 11.3. The lowest BCUT2D eigenvalue weighted by molar-refractivity contribution is 0.0743. The first-order chi connectivity index (χ1) is 16.1. The maximum Gasteiger partial charge on any atom is 0.153 e. The van der Waals surface area contributed by atoms with Gasteiger partial charge in [0.1, 0.15) is 17.2 Å². The van der Waals surface area contributed by atoms with Crippen molar-refractivity contribution in [1.82, 2.24) is 9.55 Å². The van der Waals surface area contributed by atoms with Crippen molar-refractivity contribution in [2.24, 2.45) is 0 Å². The molecule has 34 heavy (non-hydrogen) atoms. The second kappa shape index (κ2) is 9.59. The van der Waals surface area contributed by atoms with E-state index in [0.717, 1.165) is 38.4 Å². The van der Waals surface area contributed by atoms with E-state index >= 15 is 0 Å². The lowest BCUT2D eigenvalue weighted by Gasteiger charge is -2.15. The Bertz CT molecular complexity index is 1320. The van der Waals surface area contributed by atoms with Crippen LogP contribution in [0.15, 0.2) is 71.8 Å². The number of hydrogen-bond donors (Lipinski definition) is 1. The van der Waals surface area contributed by atoms with Crippen LogP contribution in [0, 0.1) is 13.8 Å². The van der Waals surface area contributed by atoms with Gasteiger partial charge in [-0.3, -0.25) is 4.57 Å². The first-order valence-electron chi connectivity index (χ1n) is 11.3. The number of aromatic nitrogens is 2. The highest BCUT2D eigenvalue weighted by Gasteiger charge is 2.25. The standard InChI is InChI=1S/C28H29ClN2O2S/c1-6-34(33)22-11-8-10-20(16-22)21-13-14-24(19(3)15-21)31-17-25(28(4,5)32)30-27(31)26-18(2)9-7-12-23(26)29/h7-17,32H,6H2,1-5H3. The zero-order valence-corrected chi connectivity index (χ0v) is 21.7. The van der Waals surface area contributed by atoms with Crippen molar-refractivity contribution in [1.29, 1.82) is 0 Å². The van der Waals surface area contributed by atoms with Crippen LogP contribution in [0.5, 0.6) is 0 Å². The maximum atomic E-state index is 12.3. The Kier molecular flexibility index (Phi) is 6.92. The molecule has 4 aromatic rings. The van der Waals surface area contributed by atoms with E-state index < -0.39 is 16.8 Å². The SMILES string of the molecule is CC[S+]([O-])c1cccc(-c2ccc(-n3cc(C(C)(C)O)nc3-c3c(C)cccc3Cl)c(C)c2)c1. The summed E-state index contributed by atoms with van der Waals surface area (Å²) in [6, 6.07) is 19.9. The fourth-order valence-electron chi connectivity index (χ4n) is 4.04. The fourth-order valence-corrected chi connectivity index (χ4v) is 5.17. The monoisotopic (exact) mass is 492 g/mol. The van der Waals surface area contributed by atoms with Gasteiger partial charge in [0, 0.05) is 17.8 Å². The molecule has 1 unspecified atom stereocenters. The van der Waals surface area contributed by atoms with Gasteiger partial charge in [-0.25, -0.2) is 4.98 Å². The van der Waals surface area contributed by atoms with E-state index in [1.165, 1.54) is 0 Å². The van der Waals surface area contributed by atoms with Crippen molar-refractivity contribution < 1.29 is 9.66 Å². The normalized spacial score (nSPS) is 12.7. The van der Waals surface area contributed by atoms with Crippen molar-refractivity contribution in [2.45, 2.75) is 45.1 Å². The van der Waals surface area contributed by atoms with Crippen LogP contribution in [0.4, 0.5) is 0 Å². The van der Waals surface area contributed by atoms with Gasteiger partial charge >= 0.3 is 0 Å². The van der Waals surface area contributed by atoms with E-state index in [0.29, 0.717) is 22.3 Å². The van der Waals surface area contributed by atoms with E-state index in [1.54, 1.807) is 13.8 Å². The number of halogens is 1. The molecule has 0 saturated heterocycles. The summed E-state index contributed by atoms with van der Waals surface area (Å²) >= 11 is 5.61. The predicted molar refractivity (Wildman–Crippen MR) is 141 cm³/mol. The van der Waals surface area contributed by atoms with Gasteiger partial charge in [-0.05, 0) is 92.3 Å². The van der Waals surface area contributed by atoms with Gasteiger partial charge in [0.2, 0.25) is 0 Å². The summed E-state index contributed by atoms with van der Waals surface area (Å²) in [5.74, 6) is 1.28. The highest BCUT2D eigenvalue weighted by molar-refractivity contribution is 7.91. The molecule has 3 aromatic carbocycles. The third kappa shape index (κ3) is 4.80. The third-order valence-electron chi connectivity index (χ3n) is 5.93. The van der Waals surface area contributed by atoms with E-state index in [1.807, 2.05) is 67.1 Å². The topological polar surface area (TPSA) is 61.1 Å². The zero-order valence-electron chi connectivity index (χ0n) is 20.1. The molecule has 0 saturated carbocycles. The molecule has 0 radical (unpaired) electrons. The average Bonchev–Trinajstić information content (AvgIpc) is 3.23. The van der Waals surface area contributed by atoms with Crippen molar-refractivity contribution in [3.63, 3.8) is 0 Å². The minimum absolute atomic E-state index is 0.569. The minimum atomic E-state index is -1.10. The molecule has 1 aromatic heterocycles. The largest absolute Gasteiger partial charge is 0.611 e. The van der Waals surface area contributed by atoms with Crippen LogP contribution in [0.2, 0.25) is 5.02 Å². The molecule has 0 aliphatic carbocycles. The van der Waals surface area contributed by atoms with E-state index in [2.05, 4.69) is 25.1 Å². The third-order valence-corrected chi connectivity index (χ3v) is 7.55. The highest BCUT2D eigenvalue weighted by atomic mass is 35.5. The van der Waals surface area contributed by atoms with Gasteiger partial charge in [-0.2, -0.15) is 0 Å². The number of aliphatic hydroxyl groups is 1. The van der Waals surface area contributed by atoms with E-state index in [9.17, 15) is 9.66 Å². The molecule has 1 N–H and O–H groups in total. The Morgan fingerprint density at radius 3 is 2.35 bits per heavy atom. The van der Waals surface area contributed by atoms with Crippen molar-refractivity contribution in [3.8, 4) is 28.2 Å². The number of rotatable bonds is 6. The van der Waals surface area contributed by atoms with Gasteiger partial charge in [0.25, 0.3) is 0 Å². The minimum Gasteiger partial charge on any atom is -0.611 e. The van der Waals surface area contributed by atoms with Crippen LogP contribution in [-0.2, 0) is 16.8 Å². The molecule has 0 bridgehead atoms. The van der Waals surface area contributed by atoms with Crippen molar-refractivity contribution in [3.05, 3.63) is 88.7 Å². The Morgan fingerprint density at radius 2 is 1.71 bits per heavy atom. The smallest absolute Gasteiger partial charge is 0.153 e. The predicted octanol–water partition coefficient (Wildman–Crippen LogP) is 6.83. The molecule has 176 valence electrons. The first-order valence-corrected chi connectivity index (χ1v) is 13.0. The van der Waals surface area contributed by atoms with Gasteiger partial charge in [-0.1, -0.05) is 41.9 Å². The lowest BCUT2D eigenvalue weighted by atomic mass is 10.0. The summed E-state index contributed by atoms with van der Waals surface area (Å²) in [4.78, 5) is 5.64. The summed E-state index contributed by atoms with van der Waals surface area (Å²) in [5.41, 5.74) is 5.40. The molecule has 0 amide bonds. The lowest BCUT2D eigenvalue weighted by Crippen LogP contribution is -2.15. The Labute approximate surface area is 209 Å². The maximum absolute atomic E-state index is 12.3. The summed E-state index contributed by atoms with van der Waals surface area (Å²) in [6.07, 6.45) is 1.88. The molecule has 4 nitrogen and oxygen atoms in total. The summed E-state index contributed by atoms with van der Waals surface area (Å²) in [6.45, 7) is 9.44. The number of hydrogen-bond acceptors (Lipinski definition) is 3. The number of nitrogens with zero attached hydrogens (tertiary/aromatic N) is 2. The molecule has 1 heterocycles. The van der Waals surface area contributed by atoms with E-state index in [-0.39, 0.29) is 0 Å². The first kappa shape index (κ1) is 24.6. The molecule has 6 heteroatoms. The molecule has 0 fully saturated rings. The second-order valence-electron chi connectivity index (χ2n) is 8.97. The molecule has 1 atom stereocenters. The van der Waals surface area contributed by atoms with Crippen LogP contribution >= 0.6 is 11.6 Å². The van der Waals surface area contributed by atoms with Crippen LogP contribution in [-0.4, -0.2) is 25.0 Å². The Morgan fingerprint density at radius 1 is 1.00 bits per heavy atom. The molecule has 4 rings (SSSR count). The molecule has 0 aliphatic heterocycles. The van der Waals surface area contributed by atoms with Crippen molar-refractivity contribution >= 4 is 22.8 Å². The van der Waals surface area contributed by atoms with Crippen LogP contribution in [0.25, 0.3) is 28.2 Å². The summed E-state index contributed by atoms with van der Waals surface area (Å²) < 4.78 is 14.3. The zero-order chi connectivity index (χ0) is 24.6.